The van der Waals surface area contributed by atoms with Gasteiger partial charge in [0.1, 0.15) is 5.82 Å². The third kappa shape index (κ3) is 3.78. The summed E-state index contributed by atoms with van der Waals surface area (Å²) in [6, 6.07) is 4.48. The van der Waals surface area contributed by atoms with E-state index in [0.29, 0.717) is 11.5 Å². The first-order valence-corrected chi connectivity index (χ1v) is 5.66. The second-order valence-corrected chi connectivity index (χ2v) is 4.47. The van der Waals surface area contributed by atoms with Crippen LogP contribution >= 0.6 is 12.2 Å². The zero-order chi connectivity index (χ0) is 13.0. The third-order valence-electron chi connectivity index (χ3n) is 2.42. The van der Waals surface area contributed by atoms with Gasteiger partial charge in [-0.1, -0.05) is 25.2 Å². The minimum atomic E-state index is -0.523. The van der Waals surface area contributed by atoms with Crippen molar-refractivity contribution in [3.63, 3.8) is 0 Å². The Labute approximate surface area is 105 Å². The van der Waals surface area contributed by atoms with Gasteiger partial charge in [-0.3, -0.25) is 4.79 Å². The molecule has 92 valence electrons. The highest BCUT2D eigenvalue weighted by atomic mass is 32.1. The van der Waals surface area contributed by atoms with Crippen LogP contribution in [-0.2, 0) is 0 Å². The van der Waals surface area contributed by atoms with Crippen LogP contribution < -0.4 is 11.1 Å². The Morgan fingerprint density at radius 3 is 2.76 bits per heavy atom. The van der Waals surface area contributed by atoms with Crippen molar-refractivity contribution in [1.82, 2.24) is 5.32 Å². The monoisotopic (exact) mass is 254 g/mol. The van der Waals surface area contributed by atoms with E-state index in [9.17, 15) is 9.18 Å². The predicted molar refractivity (Wildman–Crippen MR) is 69.4 cm³/mol. The van der Waals surface area contributed by atoms with Crippen molar-refractivity contribution in [3.8, 4) is 0 Å². The summed E-state index contributed by atoms with van der Waals surface area (Å²) in [6.45, 7) is 3.87. The van der Waals surface area contributed by atoms with E-state index in [2.05, 4.69) is 5.32 Å². The van der Waals surface area contributed by atoms with Gasteiger partial charge in [0.15, 0.2) is 0 Å². The van der Waals surface area contributed by atoms with Crippen molar-refractivity contribution in [1.29, 1.82) is 0 Å². The molecule has 0 fully saturated rings. The predicted octanol–water partition coefficient (Wildman–Crippen LogP) is 1.79. The van der Waals surface area contributed by atoms with Gasteiger partial charge < -0.3 is 11.1 Å². The number of thiocarbonyl (C=S) groups is 1. The standard InChI is InChI=1S/C12H15FN2OS/c1-7-3-4-9(10(13)5-7)12(16)15-6-8(2)11(14)17/h3-5,8H,6H2,1-2H3,(H2,14,17)(H,15,16). The number of rotatable bonds is 4. The summed E-state index contributed by atoms with van der Waals surface area (Å²) < 4.78 is 13.5. The van der Waals surface area contributed by atoms with Crippen molar-refractivity contribution >= 4 is 23.1 Å². The second-order valence-electron chi connectivity index (χ2n) is 4.00. The molecule has 0 spiro atoms. The molecule has 0 aromatic heterocycles. The largest absolute Gasteiger partial charge is 0.393 e. The molecule has 0 aliphatic heterocycles. The molecule has 0 saturated carbocycles. The normalized spacial score (nSPS) is 11.9. The van der Waals surface area contributed by atoms with E-state index in [1.807, 2.05) is 0 Å². The fourth-order valence-electron chi connectivity index (χ4n) is 1.25. The quantitative estimate of drug-likeness (QED) is 0.805. The fourth-order valence-corrected chi connectivity index (χ4v) is 1.33. The summed E-state index contributed by atoms with van der Waals surface area (Å²) in [5.74, 6) is -1.08. The number of nitrogens with one attached hydrogen (secondary N) is 1. The molecule has 17 heavy (non-hydrogen) atoms. The molecule has 1 atom stereocenters. The van der Waals surface area contributed by atoms with Gasteiger partial charge in [-0.25, -0.2) is 4.39 Å². The summed E-state index contributed by atoms with van der Waals surface area (Å²) in [5, 5.41) is 2.59. The number of amides is 1. The number of nitrogens with two attached hydrogens (primary N) is 1. The topological polar surface area (TPSA) is 55.1 Å². The molecule has 0 saturated heterocycles. The highest BCUT2D eigenvalue weighted by Gasteiger charge is 2.13. The van der Waals surface area contributed by atoms with Gasteiger partial charge in [-0.2, -0.15) is 0 Å². The summed E-state index contributed by atoms with van der Waals surface area (Å²) in [4.78, 5) is 12.0. The zero-order valence-corrected chi connectivity index (χ0v) is 10.6. The van der Waals surface area contributed by atoms with E-state index >= 15 is 0 Å². The number of aryl methyl sites for hydroxylation is 1. The van der Waals surface area contributed by atoms with Crippen LogP contribution in [0.4, 0.5) is 4.39 Å². The van der Waals surface area contributed by atoms with Gasteiger partial charge >= 0.3 is 0 Å². The fraction of sp³-hybridized carbons (Fsp3) is 0.333. The number of hydrogen-bond donors (Lipinski definition) is 2. The Morgan fingerprint density at radius 1 is 1.59 bits per heavy atom. The zero-order valence-electron chi connectivity index (χ0n) is 9.79. The molecule has 3 N–H and O–H groups in total. The Morgan fingerprint density at radius 2 is 2.24 bits per heavy atom. The molecule has 5 heteroatoms. The highest BCUT2D eigenvalue weighted by Crippen LogP contribution is 2.09. The molecule has 1 amide bonds. The Kier molecular flexibility index (Phi) is 4.57. The van der Waals surface area contributed by atoms with E-state index in [1.165, 1.54) is 12.1 Å². The highest BCUT2D eigenvalue weighted by molar-refractivity contribution is 7.80. The molecule has 0 bridgehead atoms. The third-order valence-corrected chi connectivity index (χ3v) is 2.83. The number of carbonyl (C=O) groups excluding carboxylic acids is 1. The maximum Gasteiger partial charge on any atom is 0.254 e. The second kappa shape index (κ2) is 5.72. The molecule has 1 rings (SSSR count). The lowest BCUT2D eigenvalue weighted by Crippen LogP contribution is -2.34. The lowest BCUT2D eigenvalue weighted by atomic mass is 10.1. The molecule has 1 unspecified atom stereocenters. The van der Waals surface area contributed by atoms with Crippen LogP contribution in [0.1, 0.15) is 22.8 Å². The van der Waals surface area contributed by atoms with Crippen LogP contribution in [0.5, 0.6) is 0 Å². The number of carbonyl (C=O) groups is 1. The minimum Gasteiger partial charge on any atom is -0.393 e. The van der Waals surface area contributed by atoms with Crippen LogP contribution in [0.3, 0.4) is 0 Å². The number of halogens is 1. The van der Waals surface area contributed by atoms with Crippen LogP contribution in [0.2, 0.25) is 0 Å². The maximum absolute atomic E-state index is 13.5. The Bertz CT molecular complexity index is 448. The maximum atomic E-state index is 13.5. The van der Waals surface area contributed by atoms with E-state index in [4.69, 9.17) is 18.0 Å². The molecule has 1 aromatic carbocycles. The van der Waals surface area contributed by atoms with Crippen molar-refractivity contribution < 1.29 is 9.18 Å². The van der Waals surface area contributed by atoms with E-state index in [1.54, 1.807) is 19.9 Å². The van der Waals surface area contributed by atoms with Gasteiger partial charge in [0.05, 0.1) is 10.6 Å². The number of benzene rings is 1. The lowest BCUT2D eigenvalue weighted by molar-refractivity contribution is 0.0947. The van der Waals surface area contributed by atoms with Gasteiger partial charge in [0.2, 0.25) is 0 Å². The van der Waals surface area contributed by atoms with Crippen molar-refractivity contribution in [3.05, 3.63) is 35.1 Å². The summed E-state index contributed by atoms with van der Waals surface area (Å²) in [5.41, 5.74) is 6.22. The van der Waals surface area contributed by atoms with Crippen molar-refractivity contribution in [2.75, 3.05) is 6.54 Å². The summed E-state index contributed by atoms with van der Waals surface area (Å²) >= 11 is 4.78. The number of hydrogen-bond acceptors (Lipinski definition) is 2. The molecule has 1 aromatic rings. The molecular weight excluding hydrogens is 239 g/mol. The van der Waals surface area contributed by atoms with E-state index in [0.717, 1.165) is 5.56 Å². The Hall–Kier alpha value is -1.49. The van der Waals surface area contributed by atoms with Gasteiger partial charge in [-0.05, 0) is 24.6 Å². The van der Waals surface area contributed by atoms with Crippen molar-refractivity contribution in [2.45, 2.75) is 13.8 Å². The molecule has 0 heterocycles. The molecule has 3 nitrogen and oxygen atoms in total. The van der Waals surface area contributed by atoms with Crippen LogP contribution in [-0.4, -0.2) is 17.4 Å². The SMILES string of the molecule is Cc1ccc(C(=O)NCC(C)C(N)=S)c(F)c1. The first kappa shape index (κ1) is 13.6. The minimum absolute atomic E-state index is 0.0331. The average Bonchev–Trinajstić information content (AvgIpc) is 2.25. The first-order chi connectivity index (χ1) is 7.91. The smallest absolute Gasteiger partial charge is 0.254 e. The average molecular weight is 254 g/mol. The van der Waals surface area contributed by atoms with E-state index < -0.39 is 11.7 Å². The van der Waals surface area contributed by atoms with Crippen molar-refractivity contribution in [2.24, 2.45) is 11.7 Å². The first-order valence-electron chi connectivity index (χ1n) is 5.25. The summed E-state index contributed by atoms with van der Waals surface area (Å²) in [6.07, 6.45) is 0. The molecule has 0 radical (unpaired) electrons. The Balaban J connectivity index is 2.67. The summed E-state index contributed by atoms with van der Waals surface area (Å²) in [7, 11) is 0. The molecular formula is C12H15FN2OS. The van der Waals surface area contributed by atoms with Gasteiger partial charge in [-0.15, -0.1) is 0 Å². The van der Waals surface area contributed by atoms with E-state index in [-0.39, 0.29) is 11.5 Å². The lowest BCUT2D eigenvalue weighted by Gasteiger charge is -2.11. The molecule has 0 aliphatic carbocycles. The van der Waals surface area contributed by atoms with Crippen LogP contribution in [0.15, 0.2) is 18.2 Å². The van der Waals surface area contributed by atoms with Gasteiger partial charge in [0.25, 0.3) is 5.91 Å². The van der Waals surface area contributed by atoms with Crippen LogP contribution in [0, 0.1) is 18.7 Å². The molecule has 0 aliphatic rings. The van der Waals surface area contributed by atoms with Crippen LogP contribution in [0.25, 0.3) is 0 Å². The van der Waals surface area contributed by atoms with Gasteiger partial charge in [0, 0.05) is 12.5 Å².